The molecule has 0 spiro atoms. The summed E-state index contributed by atoms with van der Waals surface area (Å²) < 4.78 is 0. The Morgan fingerprint density at radius 1 is 1.14 bits per heavy atom. The first-order valence-electron chi connectivity index (χ1n) is 8.74. The minimum absolute atomic E-state index is 0.597. The van der Waals surface area contributed by atoms with Gasteiger partial charge in [-0.3, -0.25) is 4.90 Å². The van der Waals surface area contributed by atoms with Crippen LogP contribution in [0.4, 0.5) is 0 Å². The summed E-state index contributed by atoms with van der Waals surface area (Å²) in [5.74, 6) is 1.56. The van der Waals surface area contributed by atoms with Gasteiger partial charge in [0.05, 0.1) is 0 Å². The predicted molar refractivity (Wildman–Crippen MR) is 91.7 cm³/mol. The summed E-state index contributed by atoms with van der Waals surface area (Å²) in [6.45, 7) is 12.6. The lowest BCUT2D eigenvalue weighted by Crippen LogP contribution is -2.33. The molecule has 1 saturated heterocycles. The first-order chi connectivity index (χ1) is 10.2. The molecule has 0 aromatic heterocycles. The number of likely N-dealkylation sites (tertiary alicyclic amines) is 1. The molecular formula is C19H32N2. The maximum atomic E-state index is 3.43. The van der Waals surface area contributed by atoms with E-state index in [4.69, 9.17) is 0 Å². The topological polar surface area (TPSA) is 15.3 Å². The molecule has 1 aliphatic heterocycles. The zero-order valence-corrected chi connectivity index (χ0v) is 14.1. The first-order valence-corrected chi connectivity index (χ1v) is 8.74. The van der Waals surface area contributed by atoms with E-state index in [2.05, 4.69) is 55.3 Å². The molecule has 2 heteroatoms. The van der Waals surface area contributed by atoms with E-state index >= 15 is 0 Å². The Morgan fingerprint density at radius 2 is 1.81 bits per heavy atom. The van der Waals surface area contributed by atoms with Gasteiger partial charge in [0, 0.05) is 13.1 Å². The molecule has 1 fully saturated rings. The third-order valence-electron chi connectivity index (χ3n) is 4.94. The normalized spacial score (nSPS) is 18.8. The van der Waals surface area contributed by atoms with Crippen LogP contribution in [-0.4, -0.2) is 31.1 Å². The van der Waals surface area contributed by atoms with Gasteiger partial charge < -0.3 is 5.32 Å². The van der Waals surface area contributed by atoms with Crippen molar-refractivity contribution in [1.82, 2.24) is 10.2 Å². The maximum Gasteiger partial charge on any atom is 0.0233 e. The summed E-state index contributed by atoms with van der Waals surface area (Å²) in [6.07, 6.45) is 4.12. The van der Waals surface area contributed by atoms with Gasteiger partial charge >= 0.3 is 0 Å². The van der Waals surface area contributed by atoms with E-state index in [0.717, 1.165) is 25.6 Å². The van der Waals surface area contributed by atoms with Gasteiger partial charge in [-0.1, -0.05) is 51.5 Å². The third-order valence-corrected chi connectivity index (χ3v) is 4.94. The number of nitrogens with one attached hydrogen (secondary N) is 1. The second-order valence-electron chi connectivity index (χ2n) is 6.58. The highest BCUT2D eigenvalue weighted by Crippen LogP contribution is 2.22. The lowest BCUT2D eigenvalue weighted by Gasteiger charge is -2.31. The molecule has 0 saturated carbocycles. The van der Waals surface area contributed by atoms with E-state index in [-0.39, 0.29) is 0 Å². The minimum Gasteiger partial charge on any atom is -0.316 e. The molecule has 2 nitrogen and oxygen atoms in total. The van der Waals surface area contributed by atoms with Crippen molar-refractivity contribution in [2.75, 3.05) is 26.2 Å². The summed E-state index contributed by atoms with van der Waals surface area (Å²) in [4.78, 5) is 2.61. The van der Waals surface area contributed by atoms with Crippen molar-refractivity contribution in [2.24, 2.45) is 5.92 Å². The number of rotatable bonds is 7. The molecule has 1 aromatic carbocycles. The van der Waals surface area contributed by atoms with Crippen molar-refractivity contribution < 1.29 is 0 Å². The smallest absolute Gasteiger partial charge is 0.0233 e. The highest BCUT2D eigenvalue weighted by Gasteiger charge is 2.17. The van der Waals surface area contributed by atoms with Crippen LogP contribution in [0.1, 0.15) is 57.1 Å². The van der Waals surface area contributed by atoms with Gasteiger partial charge in [-0.25, -0.2) is 0 Å². The molecule has 1 unspecified atom stereocenters. The van der Waals surface area contributed by atoms with E-state index in [0.29, 0.717) is 5.92 Å². The quantitative estimate of drug-likeness (QED) is 0.815. The summed E-state index contributed by atoms with van der Waals surface area (Å²) in [6, 6.07) is 9.28. The average Bonchev–Trinajstić information content (AvgIpc) is 2.54. The number of hydrogen-bond donors (Lipinski definition) is 1. The second-order valence-corrected chi connectivity index (χ2v) is 6.58. The van der Waals surface area contributed by atoms with Gasteiger partial charge in [0.25, 0.3) is 0 Å². The van der Waals surface area contributed by atoms with Gasteiger partial charge in [0.2, 0.25) is 0 Å². The van der Waals surface area contributed by atoms with Gasteiger partial charge in [0.15, 0.2) is 0 Å². The molecule has 1 aromatic rings. The zero-order chi connectivity index (χ0) is 15.1. The van der Waals surface area contributed by atoms with Crippen LogP contribution in [0.25, 0.3) is 0 Å². The Labute approximate surface area is 130 Å². The molecular weight excluding hydrogens is 256 g/mol. The fraction of sp³-hybridized carbons (Fsp3) is 0.684. The monoisotopic (exact) mass is 288 g/mol. The second kappa shape index (κ2) is 8.55. The predicted octanol–water partition coefficient (Wildman–Crippen LogP) is 4.02. The molecule has 1 N–H and O–H groups in total. The molecule has 2 rings (SSSR count). The molecule has 0 bridgehead atoms. The fourth-order valence-corrected chi connectivity index (χ4v) is 3.24. The number of benzene rings is 1. The Morgan fingerprint density at radius 3 is 2.38 bits per heavy atom. The summed E-state index contributed by atoms with van der Waals surface area (Å²) >= 11 is 0. The van der Waals surface area contributed by atoms with E-state index in [1.807, 2.05) is 0 Å². The lowest BCUT2D eigenvalue weighted by molar-refractivity contribution is 0.175. The average molecular weight is 288 g/mol. The van der Waals surface area contributed by atoms with Crippen LogP contribution < -0.4 is 5.32 Å². The Bertz CT molecular complexity index is 391. The van der Waals surface area contributed by atoms with Gasteiger partial charge in [-0.05, 0) is 55.4 Å². The Kier molecular flexibility index (Phi) is 6.72. The number of likely N-dealkylation sites (N-methyl/N-ethyl adjacent to an activating group) is 1. The van der Waals surface area contributed by atoms with Crippen LogP contribution in [0.2, 0.25) is 0 Å². The van der Waals surface area contributed by atoms with Crippen LogP contribution >= 0.6 is 0 Å². The van der Waals surface area contributed by atoms with Gasteiger partial charge in [0.1, 0.15) is 0 Å². The largest absolute Gasteiger partial charge is 0.316 e. The highest BCUT2D eigenvalue weighted by atomic mass is 15.1. The van der Waals surface area contributed by atoms with Crippen LogP contribution in [0.3, 0.4) is 0 Å². The van der Waals surface area contributed by atoms with Crippen molar-refractivity contribution in [3.63, 3.8) is 0 Å². The number of nitrogens with zero attached hydrogens (tertiary/aromatic N) is 1. The van der Waals surface area contributed by atoms with E-state index in [1.165, 1.54) is 43.5 Å². The Hall–Kier alpha value is -0.860. The van der Waals surface area contributed by atoms with Gasteiger partial charge in [-0.15, -0.1) is 0 Å². The molecule has 1 atom stereocenters. The molecule has 1 aliphatic rings. The van der Waals surface area contributed by atoms with Gasteiger partial charge in [-0.2, -0.15) is 0 Å². The molecule has 0 radical (unpaired) electrons. The van der Waals surface area contributed by atoms with Crippen LogP contribution in [0.5, 0.6) is 0 Å². The standard InChI is InChI=1S/C19H32N2/c1-4-17-10-12-21(13-11-17)15-18-6-8-19(9-7-18)16(3)14-20-5-2/h6-9,16-17,20H,4-5,10-15H2,1-3H3. The van der Waals surface area contributed by atoms with Crippen LogP contribution in [0, 0.1) is 5.92 Å². The van der Waals surface area contributed by atoms with Crippen molar-refractivity contribution in [1.29, 1.82) is 0 Å². The van der Waals surface area contributed by atoms with E-state index < -0.39 is 0 Å². The first kappa shape index (κ1) is 16.5. The van der Waals surface area contributed by atoms with Crippen molar-refractivity contribution >= 4 is 0 Å². The van der Waals surface area contributed by atoms with Crippen molar-refractivity contribution in [3.05, 3.63) is 35.4 Å². The summed E-state index contributed by atoms with van der Waals surface area (Å²) in [7, 11) is 0. The van der Waals surface area contributed by atoms with E-state index in [9.17, 15) is 0 Å². The SMILES string of the molecule is CCNCC(C)c1ccc(CN2CCC(CC)CC2)cc1. The van der Waals surface area contributed by atoms with Crippen molar-refractivity contribution in [3.8, 4) is 0 Å². The van der Waals surface area contributed by atoms with Crippen LogP contribution in [-0.2, 0) is 6.54 Å². The number of hydrogen-bond acceptors (Lipinski definition) is 2. The molecule has 0 aliphatic carbocycles. The molecule has 1 heterocycles. The fourth-order valence-electron chi connectivity index (χ4n) is 3.24. The number of piperidine rings is 1. The minimum atomic E-state index is 0.597. The molecule has 0 amide bonds. The molecule has 21 heavy (non-hydrogen) atoms. The van der Waals surface area contributed by atoms with E-state index in [1.54, 1.807) is 0 Å². The maximum absolute atomic E-state index is 3.43. The Balaban J connectivity index is 1.82. The van der Waals surface area contributed by atoms with Crippen molar-refractivity contribution in [2.45, 2.75) is 52.5 Å². The lowest BCUT2D eigenvalue weighted by atomic mass is 9.94. The zero-order valence-electron chi connectivity index (χ0n) is 14.1. The third kappa shape index (κ3) is 5.12. The highest BCUT2D eigenvalue weighted by molar-refractivity contribution is 5.25. The summed E-state index contributed by atoms with van der Waals surface area (Å²) in [5, 5.41) is 3.43. The molecule has 118 valence electrons. The summed E-state index contributed by atoms with van der Waals surface area (Å²) in [5.41, 5.74) is 2.91. The van der Waals surface area contributed by atoms with Crippen LogP contribution in [0.15, 0.2) is 24.3 Å².